The van der Waals surface area contributed by atoms with Gasteiger partial charge in [0, 0.05) is 42.4 Å². The topological polar surface area (TPSA) is 153 Å². The Bertz CT molecular complexity index is 2070. The number of pyridine rings is 1. The molecule has 1 aliphatic heterocycles. The van der Waals surface area contributed by atoms with E-state index in [1.54, 1.807) is 24.3 Å². The standard InChI is InChI=1S/C37H44N4O7.C8H10S/c1-41-17-14-26(15-18-41)24-48-35(45)21-27-4-2-5-29(20-27)47-19-3-16-39-37(46)28-8-6-25(7-9-28)22-38-23-33(43)30-10-12-32(42)36-31(30)11-13-34(44)40-36;1-9-7-8-5-3-2-4-6-8/h2,4-13,20,26,33,38,42-43H,3,14-19,21-24H2,1H3,(H,39,46)(H,40,44);2-6H,7H2,1H3. The maximum atomic E-state index is 12.6. The second-order valence-corrected chi connectivity index (χ2v) is 15.1. The number of aromatic amines is 1. The number of nitrogens with one attached hydrogen (secondary N) is 3. The number of amides is 1. The lowest BCUT2D eigenvalue weighted by Crippen LogP contribution is -2.32. The number of carbonyl (C=O) groups excluding carboxylic acids is 2. The number of H-pyrrole nitrogens is 1. The molecule has 1 fully saturated rings. The molecule has 4 aromatic carbocycles. The summed E-state index contributed by atoms with van der Waals surface area (Å²) < 4.78 is 11.4. The van der Waals surface area contributed by atoms with Gasteiger partial charge in [0.05, 0.1) is 31.3 Å². The van der Waals surface area contributed by atoms with Crippen molar-refractivity contribution in [3.63, 3.8) is 0 Å². The number of esters is 1. The summed E-state index contributed by atoms with van der Waals surface area (Å²) in [5, 5.41) is 27.5. The monoisotopic (exact) mass is 794 g/mol. The summed E-state index contributed by atoms with van der Waals surface area (Å²) in [7, 11) is 2.11. The SMILES string of the molecule is CN1CCC(COC(=O)Cc2cccc(OCCCNC(=O)c3ccc(CNCC(O)c4ccc(O)c5[nH]c(=O)ccc45)cc3)c2)CC1.CSCc1ccccc1. The summed E-state index contributed by atoms with van der Waals surface area (Å²) in [6.07, 6.45) is 4.19. The first-order valence-electron chi connectivity index (χ1n) is 19.4. The Balaban J connectivity index is 0.000000606. The number of aliphatic hydroxyl groups excluding tert-OH is 1. The Morgan fingerprint density at radius 3 is 2.44 bits per heavy atom. The number of phenolic OH excluding ortho intramolecular Hbond substituents is 1. The summed E-state index contributed by atoms with van der Waals surface area (Å²) in [4.78, 5) is 41.5. The molecule has 0 saturated carbocycles. The van der Waals surface area contributed by atoms with Gasteiger partial charge in [0.2, 0.25) is 5.56 Å². The molecule has 1 amide bonds. The molecule has 5 N–H and O–H groups in total. The molecule has 11 nitrogen and oxygen atoms in total. The van der Waals surface area contributed by atoms with Crippen LogP contribution in [0.25, 0.3) is 10.9 Å². The van der Waals surface area contributed by atoms with Crippen LogP contribution in [-0.4, -0.2) is 84.7 Å². The zero-order valence-corrected chi connectivity index (χ0v) is 33.6. The molecule has 5 aromatic rings. The number of hydrogen-bond acceptors (Lipinski definition) is 10. The van der Waals surface area contributed by atoms with Gasteiger partial charge < -0.3 is 40.2 Å². The highest BCUT2D eigenvalue weighted by Crippen LogP contribution is 2.28. The molecule has 0 radical (unpaired) electrons. The normalized spacial score (nSPS) is 13.7. The molecule has 1 atom stereocenters. The molecule has 0 aliphatic carbocycles. The zero-order valence-electron chi connectivity index (χ0n) is 32.7. The van der Waals surface area contributed by atoms with Crippen molar-refractivity contribution in [1.29, 1.82) is 0 Å². The molecule has 1 aromatic heterocycles. The van der Waals surface area contributed by atoms with Crippen molar-refractivity contribution >= 4 is 34.5 Å². The van der Waals surface area contributed by atoms with Crippen LogP contribution < -0.4 is 20.9 Å². The van der Waals surface area contributed by atoms with Gasteiger partial charge in [0.25, 0.3) is 5.91 Å². The number of nitrogens with zero attached hydrogens (tertiary/aromatic N) is 1. The van der Waals surface area contributed by atoms with Gasteiger partial charge in [-0.2, -0.15) is 11.8 Å². The fraction of sp³-hybridized carbons (Fsp3) is 0.356. The summed E-state index contributed by atoms with van der Waals surface area (Å²) in [5.41, 5.74) is 4.28. The summed E-state index contributed by atoms with van der Waals surface area (Å²) >= 11 is 1.85. The first-order chi connectivity index (χ1) is 27.7. The number of benzene rings is 4. The number of aromatic hydroxyl groups is 1. The van der Waals surface area contributed by atoms with E-state index in [9.17, 15) is 24.6 Å². The van der Waals surface area contributed by atoms with E-state index < -0.39 is 6.10 Å². The number of aliphatic hydroxyl groups is 1. The third kappa shape index (κ3) is 14.1. The molecule has 0 bridgehead atoms. The number of hydrogen-bond donors (Lipinski definition) is 5. The zero-order chi connectivity index (χ0) is 40.4. The molecule has 1 unspecified atom stereocenters. The third-order valence-corrected chi connectivity index (χ3v) is 10.4. The number of aromatic nitrogens is 1. The highest BCUT2D eigenvalue weighted by Gasteiger charge is 2.19. The number of likely N-dealkylation sites (tertiary alicyclic amines) is 1. The molecule has 12 heteroatoms. The number of fused-ring (bicyclic) bond motifs is 1. The highest BCUT2D eigenvalue weighted by molar-refractivity contribution is 7.97. The van der Waals surface area contributed by atoms with Crippen molar-refractivity contribution in [3.05, 3.63) is 141 Å². The summed E-state index contributed by atoms with van der Waals surface area (Å²) in [6.45, 7) is 4.15. The summed E-state index contributed by atoms with van der Waals surface area (Å²) in [5.74, 6) is 1.78. The molecule has 1 saturated heterocycles. The van der Waals surface area contributed by atoms with Crippen LogP contribution in [0.15, 0.2) is 108 Å². The van der Waals surface area contributed by atoms with Crippen molar-refractivity contribution in [3.8, 4) is 11.5 Å². The van der Waals surface area contributed by atoms with E-state index in [2.05, 4.69) is 58.1 Å². The number of piperidine rings is 1. The first kappa shape index (κ1) is 43.0. The minimum Gasteiger partial charge on any atom is -0.506 e. The van der Waals surface area contributed by atoms with Gasteiger partial charge in [-0.15, -0.1) is 0 Å². The number of phenols is 1. The van der Waals surface area contributed by atoms with Crippen LogP contribution in [0.3, 0.4) is 0 Å². The van der Waals surface area contributed by atoms with E-state index in [0.717, 1.165) is 42.8 Å². The largest absolute Gasteiger partial charge is 0.506 e. The number of rotatable bonds is 17. The Morgan fingerprint density at radius 1 is 0.930 bits per heavy atom. The number of carbonyl (C=O) groups is 2. The molecule has 0 spiro atoms. The van der Waals surface area contributed by atoms with Crippen LogP contribution in [0.4, 0.5) is 0 Å². The average molecular weight is 795 g/mol. The fourth-order valence-electron chi connectivity index (χ4n) is 6.50. The van der Waals surface area contributed by atoms with Crippen LogP contribution in [0.5, 0.6) is 11.5 Å². The molecule has 6 rings (SSSR count). The van der Waals surface area contributed by atoms with Crippen LogP contribution in [0, 0.1) is 5.92 Å². The van der Waals surface area contributed by atoms with Crippen LogP contribution >= 0.6 is 11.8 Å². The first-order valence-corrected chi connectivity index (χ1v) is 20.8. The highest BCUT2D eigenvalue weighted by atomic mass is 32.2. The Kier molecular flexibility index (Phi) is 17.0. The lowest BCUT2D eigenvalue weighted by atomic mass is 9.98. The van der Waals surface area contributed by atoms with Crippen molar-refractivity contribution in [2.24, 2.45) is 5.92 Å². The molecular weight excluding hydrogens is 741 g/mol. The predicted molar refractivity (Wildman–Crippen MR) is 227 cm³/mol. The van der Waals surface area contributed by atoms with Gasteiger partial charge in [-0.05, 0) is 110 Å². The molecule has 302 valence electrons. The minimum atomic E-state index is -0.862. The second kappa shape index (κ2) is 22.6. The van der Waals surface area contributed by atoms with E-state index in [0.29, 0.717) is 66.4 Å². The van der Waals surface area contributed by atoms with Gasteiger partial charge in [-0.1, -0.05) is 60.7 Å². The Morgan fingerprint density at radius 2 is 1.68 bits per heavy atom. The number of ether oxygens (including phenoxy) is 2. The van der Waals surface area contributed by atoms with Crippen molar-refractivity contribution in [1.82, 2.24) is 20.5 Å². The minimum absolute atomic E-state index is 0.0556. The Hall–Kier alpha value is -5.14. The maximum Gasteiger partial charge on any atom is 0.310 e. The second-order valence-electron chi connectivity index (χ2n) is 14.3. The average Bonchev–Trinajstić information content (AvgIpc) is 3.22. The lowest BCUT2D eigenvalue weighted by Gasteiger charge is -2.28. The Labute approximate surface area is 338 Å². The number of thioether (sulfide) groups is 1. The van der Waals surface area contributed by atoms with Gasteiger partial charge in [0.15, 0.2) is 0 Å². The molecule has 2 heterocycles. The molecule has 57 heavy (non-hydrogen) atoms. The smallest absolute Gasteiger partial charge is 0.310 e. The maximum absolute atomic E-state index is 12.6. The van der Waals surface area contributed by atoms with E-state index in [-0.39, 0.29) is 36.2 Å². The third-order valence-electron chi connectivity index (χ3n) is 9.74. The van der Waals surface area contributed by atoms with E-state index in [1.807, 2.05) is 54.2 Å². The lowest BCUT2D eigenvalue weighted by molar-refractivity contribution is -0.144. The van der Waals surface area contributed by atoms with Crippen molar-refractivity contribution in [2.75, 3.05) is 52.7 Å². The van der Waals surface area contributed by atoms with Crippen molar-refractivity contribution < 1.29 is 29.3 Å². The fourth-order valence-corrected chi connectivity index (χ4v) is 7.02. The van der Waals surface area contributed by atoms with Crippen molar-refractivity contribution in [2.45, 2.75) is 44.1 Å². The van der Waals surface area contributed by atoms with E-state index >= 15 is 0 Å². The van der Waals surface area contributed by atoms with Crippen LogP contribution in [-0.2, 0) is 28.2 Å². The van der Waals surface area contributed by atoms with Gasteiger partial charge >= 0.3 is 5.97 Å². The van der Waals surface area contributed by atoms with Crippen LogP contribution in [0.1, 0.15) is 58.0 Å². The van der Waals surface area contributed by atoms with Gasteiger partial charge in [0.1, 0.15) is 11.5 Å². The van der Waals surface area contributed by atoms with Gasteiger partial charge in [-0.25, -0.2) is 0 Å². The summed E-state index contributed by atoms with van der Waals surface area (Å²) in [6, 6.07) is 31.2. The molecule has 1 aliphatic rings. The van der Waals surface area contributed by atoms with E-state index in [1.165, 1.54) is 17.7 Å². The van der Waals surface area contributed by atoms with E-state index in [4.69, 9.17) is 9.47 Å². The predicted octanol–water partition coefficient (Wildman–Crippen LogP) is 6.23. The van der Waals surface area contributed by atoms with Gasteiger partial charge in [-0.3, -0.25) is 14.4 Å². The van der Waals surface area contributed by atoms with Crippen LogP contribution in [0.2, 0.25) is 0 Å². The molecular formula is C45H54N4O7S. The quantitative estimate of drug-likeness (QED) is 0.0541.